The smallest absolute Gasteiger partial charge is 0.337 e. The minimum absolute atomic E-state index is 0.0810. The lowest BCUT2D eigenvalue weighted by Crippen LogP contribution is -2.34. The number of non-ortho nitro benzene ring substituents is 1. The summed E-state index contributed by atoms with van der Waals surface area (Å²) in [6.45, 7) is 1.77. The van der Waals surface area contributed by atoms with Gasteiger partial charge in [0, 0.05) is 17.8 Å². The normalized spacial score (nSPS) is 12.7. The summed E-state index contributed by atoms with van der Waals surface area (Å²) in [5, 5.41) is 24.3. The van der Waals surface area contributed by atoms with Crippen LogP contribution in [0.2, 0.25) is 0 Å². The third kappa shape index (κ3) is 4.70. The van der Waals surface area contributed by atoms with Gasteiger partial charge in [-0.3, -0.25) is 10.1 Å². The Labute approximate surface area is 150 Å². The van der Waals surface area contributed by atoms with Crippen molar-refractivity contribution in [3.05, 3.63) is 64.2 Å². The van der Waals surface area contributed by atoms with Gasteiger partial charge in [0.25, 0.3) is 5.69 Å². The summed E-state index contributed by atoms with van der Waals surface area (Å²) in [4.78, 5) is 22.3. The Balaban J connectivity index is 2.30. The molecule has 0 aliphatic heterocycles. The van der Waals surface area contributed by atoms with Gasteiger partial charge >= 0.3 is 5.97 Å². The van der Waals surface area contributed by atoms with Crippen molar-refractivity contribution in [3.63, 3.8) is 0 Å². The van der Waals surface area contributed by atoms with Crippen LogP contribution in [0, 0.1) is 10.1 Å². The molecule has 0 fully saturated rings. The number of aliphatic hydroxyl groups excluding tert-OH is 1. The van der Waals surface area contributed by atoms with Crippen LogP contribution in [-0.2, 0) is 9.53 Å². The molecule has 0 bridgehead atoms. The van der Waals surface area contributed by atoms with Crippen molar-refractivity contribution in [3.8, 4) is 5.75 Å². The van der Waals surface area contributed by atoms with Gasteiger partial charge in [0.05, 0.1) is 24.7 Å². The number of methoxy groups -OCH3 is 1. The standard InChI is InChI=1S/C18H20N2O6/c1-3-26-18(22)17(21)16(12-4-8-14(9-5-12)20(23)24)19-13-6-10-15(25-2)11-7-13/h4-11,16-17,19,21H,3H2,1-2H3. The Morgan fingerprint density at radius 2 is 1.81 bits per heavy atom. The second-order valence-electron chi connectivity index (χ2n) is 5.40. The third-order valence-corrected chi connectivity index (χ3v) is 3.72. The summed E-state index contributed by atoms with van der Waals surface area (Å²) in [6, 6.07) is 11.7. The van der Waals surface area contributed by atoms with Gasteiger partial charge in [-0.2, -0.15) is 0 Å². The highest BCUT2D eigenvalue weighted by molar-refractivity contribution is 5.76. The lowest BCUT2D eigenvalue weighted by atomic mass is 10.0. The van der Waals surface area contributed by atoms with E-state index in [9.17, 15) is 20.0 Å². The minimum atomic E-state index is -1.49. The molecule has 0 aliphatic rings. The maximum Gasteiger partial charge on any atom is 0.337 e. The molecular weight excluding hydrogens is 340 g/mol. The van der Waals surface area contributed by atoms with E-state index in [1.165, 1.54) is 24.3 Å². The van der Waals surface area contributed by atoms with Crippen LogP contribution in [0.4, 0.5) is 11.4 Å². The van der Waals surface area contributed by atoms with Crippen molar-refractivity contribution in [1.82, 2.24) is 0 Å². The van der Waals surface area contributed by atoms with E-state index >= 15 is 0 Å². The first-order chi connectivity index (χ1) is 12.5. The van der Waals surface area contributed by atoms with Crippen molar-refractivity contribution < 1.29 is 24.3 Å². The molecule has 2 atom stereocenters. The molecule has 0 aliphatic carbocycles. The predicted molar refractivity (Wildman–Crippen MR) is 95.1 cm³/mol. The number of hydrogen-bond acceptors (Lipinski definition) is 7. The van der Waals surface area contributed by atoms with Crippen LogP contribution < -0.4 is 10.1 Å². The molecule has 2 unspecified atom stereocenters. The molecule has 0 saturated heterocycles. The Morgan fingerprint density at radius 3 is 2.31 bits per heavy atom. The predicted octanol–water partition coefficient (Wildman–Crippen LogP) is 2.68. The Morgan fingerprint density at radius 1 is 1.19 bits per heavy atom. The molecule has 2 aromatic carbocycles. The van der Waals surface area contributed by atoms with E-state index in [2.05, 4.69) is 5.32 Å². The number of nitrogens with one attached hydrogen (secondary N) is 1. The van der Waals surface area contributed by atoms with Gasteiger partial charge in [-0.05, 0) is 36.8 Å². The molecule has 2 N–H and O–H groups in total. The van der Waals surface area contributed by atoms with Gasteiger partial charge in [0.15, 0.2) is 6.10 Å². The molecule has 8 heteroatoms. The van der Waals surface area contributed by atoms with Crippen molar-refractivity contribution in [1.29, 1.82) is 0 Å². The zero-order valence-electron chi connectivity index (χ0n) is 14.4. The highest BCUT2D eigenvalue weighted by atomic mass is 16.6. The fraction of sp³-hybridized carbons (Fsp3) is 0.278. The average Bonchev–Trinajstić information content (AvgIpc) is 2.66. The number of esters is 1. The van der Waals surface area contributed by atoms with Crippen LogP contribution in [0.5, 0.6) is 5.75 Å². The van der Waals surface area contributed by atoms with E-state index < -0.39 is 23.0 Å². The number of aliphatic hydroxyl groups is 1. The number of rotatable bonds is 8. The number of nitro benzene ring substituents is 1. The number of nitro groups is 1. The van der Waals surface area contributed by atoms with E-state index in [1.807, 2.05) is 0 Å². The topological polar surface area (TPSA) is 111 Å². The molecule has 0 aromatic heterocycles. The first-order valence-electron chi connectivity index (χ1n) is 7.96. The molecule has 0 amide bonds. The van der Waals surface area contributed by atoms with Crippen LogP contribution in [0.15, 0.2) is 48.5 Å². The van der Waals surface area contributed by atoms with Crippen LogP contribution in [0.3, 0.4) is 0 Å². The molecule has 0 radical (unpaired) electrons. The first-order valence-corrected chi connectivity index (χ1v) is 7.96. The van der Waals surface area contributed by atoms with Gasteiger partial charge in [-0.25, -0.2) is 4.79 Å². The summed E-state index contributed by atoms with van der Waals surface area (Å²) in [5.41, 5.74) is 1.06. The highest BCUT2D eigenvalue weighted by Crippen LogP contribution is 2.26. The summed E-state index contributed by atoms with van der Waals surface area (Å²) < 4.78 is 9.98. The molecule has 0 spiro atoms. The van der Waals surface area contributed by atoms with Crippen molar-refractivity contribution in [2.45, 2.75) is 19.1 Å². The average molecular weight is 360 g/mol. The molecule has 8 nitrogen and oxygen atoms in total. The molecule has 138 valence electrons. The maximum atomic E-state index is 12.0. The summed E-state index contributed by atoms with van der Waals surface area (Å²) in [7, 11) is 1.55. The van der Waals surface area contributed by atoms with Gasteiger partial charge in [-0.15, -0.1) is 0 Å². The minimum Gasteiger partial charge on any atom is -0.497 e. The number of nitrogens with zero attached hydrogens (tertiary/aromatic N) is 1. The number of ether oxygens (including phenoxy) is 2. The van der Waals surface area contributed by atoms with Crippen LogP contribution in [0.1, 0.15) is 18.5 Å². The van der Waals surface area contributed by atoms with Crippen molar-refractivity contribution in [2.24, 2.45) is 0 Å². The van der Waals surface area contributed by atoms with Gasteiger partial charge < -0.3 is 19.9 Å². The monoisotopic (exact) mass is 360 g/mol. The van der Waals surface area contributed by atoms with Gasteiger partial charge in [-0.1, -0.05) is 12.1 Å². The van der Waals surface area contributed by atoms with Gasteiger partial charge in [0.1, 0.15) is 5.75 Å². The van der Waals surface area contributed by atoms with E-state index in [0.29, 0.717) is 17.0 Å². The van der Waals surface area contributed by atoms with Gasteiger partial charge in [0.2, 0.25) is 0 Å². The van der Waals surface area contributed by atoms with Crippen molar-refractivity contribution >= 4 is 17.3 Å². The fourth-order valence-corrected chi connectivity index (χ4v) is 2.38. The maximum absolute atomic E-state index is 12.0. The molecular formula is C18H20N2O6. The lowest BCUT2D eigenvalue weighted by molar-refractivity contribution is -0.384. The Hall–Kier alpha value is -3.13. The fourth-order valence-electron chi connectivity index (χ4n) is 2.38. The van der Waals surface area contributed by atoms with Crippen LogP contribution in [0.25, 0.3) is 0 Å². The van der Waals surface area contributed by atoms with Crippen LogP contribution >= 0.6 is 0 Å². The Bertz CT molecular complexity index is 745. The van der Waals surface area contributed by atoms with Crippen LogP contribution in [-0.4, -0.2) is 35.8 Å². The summed E-state index contributed by atoms with van der Waals surface area (Å²) in [5.74, 6) is -0.120. The van der Waals surface area contributed by atoms with E-state index in [1.54, 1.807) is 38.3 Å². The lowest BCUT2D eigenvalue weighted by Gasteiger charge is -2.24. The summed E-state index contributed by atoms with van der Waals surface area (Å²) in [6.07, 6.45) is -1.49. The zero-order valence-corrected chi connectivity index (χ0v) is 14.4. The number of hydrogen-bond donors (Lipinski definition) is 2. The van der Waals surface area contributed by atoms with E-state index in [-0.39, 0.29) is 12.3 Å². The number of carbonyl (C=O) groups is 1. The number of benzene rings is 2. The second kappa shape index (κ2) is 8.82. The number of anilines is 1. The molecule has 2 aromatic rings. The molecule has 0 saturated carbocycles. The third-order valence-electron chi connectivity index (χ3n) is 3.72. The van der Waals surface area contributed by atoms with E-state index in [0.717, 1.165) is 0 Å². The Kier molecular flexibility index (Phi) is 6.51. The summed E-state index contributed by atoms with van der Waals surface area (Å²) >= 11 is 0. The highest BCUT2D eigenvalue weighted by Gasteiger charge is 2.29. The molecule has 2 rings (SSSR count). The zero-order chi connectivity index (χ0) is 19.1. The second-order valence-corrected chi connectivity index (χ2v) is 5.40. The van der Waals surface area contributed by atoms with E-state index in [4.69, 9.17) is 9.47 Å². The SMILES string of the molecule is CCOC(=O)C(O)C(Nc1ccc(OC)cc1)c1ccc([N+](=O)[O-])cc1. The molecule has 0 heterocycles. The number of carbonyl (C=O) groups excluding carboxylic acids is 1. The largest absolute Gasteiger partial charge is 0.497 e. The molecule has 26 heavy (non-hydrogen) atoms. The quantitative estimate of drug-likeness (QED) is 0.423. The van der Waals surface area contributed by atoms with Crippen molar-refractivity contribution in [2.75, 3.05) is 19.0 Å². The first kappa shape index (κ1) is 19.2.